The maximum atomic E-state index is 11.9. The first-order valence-corrected chi connectivity index (χ1v) is 6.64. The molecule has 2 heteroatoms. The normalized spacial score (nSPS) is 30.5. The highest BCUT2D eigenvalue weighted by Crippen LogP contribution is 2.44. The van der Waals surface area contributed by atoms with E-state index in [0.29, 0.717) is 12.5 Å². The number of rotatable bonds is 3. The summed E-state index contributed by atoms with van der Waals surface area (Å²) >= 11 is 0. The first kappa shape index (κ1) is 10.8. The maximum Gasteiger partial charge on any atom is 0.224 e. The molecule has 2 bridgehead atoms. The number of carbonyl (C=O) groups is 1. The topological polar surface area (TPSA) is 29.1 Å². The van der Waals surface area contributed by atoms with Crippen molar-refractivity contribution in [3.63, 3.8) is 0 Å². The summed E-state index contributed by atoms with van der Waals surface area (Å²) in [7, 11) is 0. The van der Waals surface area contributed by atoms with Crippen LogP contribution in [0.5, 0.6) is 0 Å². The molecule has 2 aliphatic carbocycles. The second-order valence-electron chi connectivity index (χ2n) is 5.51. The molecule has 2 nitrogen and oxygen atoms in total. The van der Waals surface area contributed by atoms with E-state index in [4.69, 9.17) is 0 Å². The average molecular weight is 229 g/mol. The number of carbonyl (C=O) groups excluding carboxylic acids is 1. The predicted octanol–water partition coefficient (Wildman–Crippen LogP) is 2.53. The predicted molar refractivity (Wildman–Crippen MR) is 67.5 cm³/mol. The summed E-state index contributed by atoms with van der Waals surface area (Å²) in [6, 6.07) is 10.4. The van der Waals surface area contributed by atoms with Crippen LogP contribution in [-0.4, -0.2) is 11.9 Å². The first-order chi connectivity index (χ1) is 8.31. The van der Waals surface area contributed by atoms with E-state index in [9.17, 15) is 4.79 Å². The van der Waals surface area contributed by atoms with Gasteiger partial charge in [0.25, 0.3) is 0 Å². The molecule has 0 unspecified atom stereocenters. The molecule has 17 heavy (non-hydrogen) atoms. The molecule has 0 aliphatic heterocycles. The van der Waals surface area contributed by atoms with Gasteiger partial charge >= 0.3 is 0 Å². The van der Waals surface area contributed by atoms with Gasteiger partial charge in [-0.2, -0.15) is 0 Å². The highest BCUT2D eigenvalue weighted by Gasteiger charge is 2.39. The third kappa shape index (κ3) is 2.36. The van der Waals surface area contributed by atoms with Crippen molar-refractivity contribution in [2.75, 3.05) is 0 Å². The van der Waals surface area contributed by atoms with Gasteiger partial charge in [-0.15, -0.1) is 0 Å². The Labute approximate surface area is 102 Å². The van der Waals surface area contributed by atoms with E-state index in [2.05, 4.69) is 5.32 Å². The number of hydrogen-bond acceptors (Lipinski definition) is 1. The zero-order valence-electron chi connectivity index (χ0n) is 10.1. The number of hydrogen-bond donors (Lipinski definition) is 1. The Bertz CT molecular complexity index is 401. The summed E-state index contributed by atoms with van der Waals surface area (Å²) in [5.74, 6) is 1.84. The molecule has 3 atom stereocenters. The Morgan fingerprint density at radius 3 is 2.65 bits per heavy atom. The van der Waals surface area contributed by atoms with Crippen molar-refractivity contribution in [2.24, 2.45) is 11.8 Å². The van der Waals surface area contributed by atoms with Crippen LogP contribution in [0.15, 0.2) is 30.3 Å². The molecule has 0 heterocycles. The third-order valence-corrected chi connectivity index (χ3v) is 4.29. The van der Waals surface area contributed by atoms with Crippen molar-refractivity contribution < 1.29 is 4.79 Å². The molecule has 1 aromatic carbocycles. The fourth-order valence-corrected chi connectivity index (χ4v) is 3.46. The second kappa shape index (κ2) is 4.52. The summed E-state index contributed by atoms with van der Waals surface area (Å²) in [6.07, 6.45) is 5.78. The van der Waals surface area contributed by atoms with Crippen molar-refractivity contribution in [3.8, 4) is 0 Å². The van der Waals surface area contributed by atoms with Crippen LogP contribution in [0.4, 0.5) is 0 Å². The van der Waals surface area contributed by atoms with E-state index < -0.39 is 0 Å². The molecule has 3 rings (SSSR count). The van der Waals surface area contributed by atoms with Gasteiger partial charge in [-0.05, 0) is 36.7 Å². The summed E-state index contributed by atoms with van der Waals surface area (Å²) < 4.78 is 0. The van der Waals surface area contributed by atoms with Crippen LogP contribution in [0.1, 0.15) is 31.2 Å². The maximum absolute atomic E-state index is 11.9. The van der Waals surface area contributed by atoms with Crippen molar-refractivity contribution >= 4 is 5.91 Å². The van der Waals surface area contributed by atoms with E-state index in [1.807, 2.05) is 30.3 Å². The Balaban J connectivity index is 1.54. The standard InChI is InChI=1S/C15H19NO/c17-15(10-11-4-2-1-3-5-11)16-14-9-12-6-7-13(14)8-12/h1-5,12-14H,6-10H2,(H,16,17)/t12-,13+,14+/m1/s1. The van der Waals surface area contributed by atoms with Crippen molar-refractivity contribution in [1.29, 1.82) is 0 Å². The molecule has 1 aromatic rings. The lowest BCUT2D eigenvalue weighted by molar-refractivity contribution is -0.121. The summed E-state index contributed by atoms with van der Waals surface area (Å²) in [4.78, 5) is 11.9. The first-order valence-electron chi connectivity index (χ1n) is 6.64. The van der Waals surface area contributed by atoms with Gasteiger partial charge in [0.15, 0.2) is 0 Å². The molecule has 0 radical (unpaired) electrons. The largest absolute Gasteiger partial charge is 0.353 e. The molecule has 1 amide bonds. The van der Waals surface area contributed by atoms with E-state index in [0.717, 1.165) is 17.4 Å². The Hall–Kier alpha value is -1.31. The fourth-order valence-electron chi connectivity index (χ4n) is 3.46. The van der Waals surface area contributed by atoms with E-state index in [1.54, 1.807) is 0 Å². The molecule has 1 N–H and O–H groups in total. The minimum atomic E-state index is 0.189. The average Bonchev–Trinajstić information content (AvgIpc) is 2.92. The Morgan fingerprint density at radius 2 is 2.00 bits per heavy atom. The van der Waals surface area contributed by atoms with E-state index >= 15 is 0 Å². The molecular weight excluding hydrogens is 210 g/mol. The van der Waals surface area contributed by atoms with Gasteiger partial charge in [0.2, 0.25) is 5.91 Å². The van der Waals surface area contributed by atoms with Gasteiger partial charge in [0, 0.05) is 6.04 Å². The minimum Gasteiger partial charge on any atom is -0.353 e. The van der Waals surface area contributed by atoms with Crippen LogP contribution in [0.2, 0.25) is 0 Å². The molecule has 2 saturated carbocycles. The monoisotopic (exact) mass is 229 g/mol. The van der Waals surface area contributed by atoms with Gasteiger partial charge in [0.1, 0.15) is 0 Å². The van der Waals surface area contributed by atoms with Gasteiger partial charge in [0.05, 0.1) is 6.42 Å². The zero-order chi connectivity index (χ0) is 11.7. The zero-order valence-corrected chi connectivity index (χ0v) is 10.1. The summed E-state index contributed by atoms with van der Waals surface area (Å²) in [5, 5.41) is 3.22. The lowest BCUT2D eigenvalue weighted by Gasteiger charge is -2.22. The number of benzene rings is 1. The SMILES string of the molecule is O=C(Cc1ccccc1)N[C@H]1C[C@@H]2CC[C@H]1C2. The second-order valence-corrected chi connectivity index (χ2v) is 5.51. The van der Waals surface area contributed by atoms with Crippen LogP contribution < -0.4 is 5.32 Å². The van der Waals surface area contributed by atoms with Crippen LogP contribution in [0.3, 0.4) is 0 Å². The summed E-state index contributed by atoms with van der Waals surface area (Å²) in [5.41, 5.74) is 1.10. The number of nitrogens with one attached hydrogen (secondary N) is 1. The van der Waals surface area contributed by atoms with Crippen molar-refractivity contribution in [1.82, 2.24) is 5.32 Å². The van der Waals surface area contributed by atoms with Gasteiger partial charge in [-0.1, -0.05) is 36.8 Å². The molecular formula is C15H19NO. The Morgan fingerprint density at radius 1 is 1.18 bits per heavy atom. The van der Waals surface area contributed by atoms with Crippen LogP contribution in [-0.2, 0) is 11.2 Å². The molecule has 0 saturated heterocycles. The highest BCUT2D eigenvalue weighted by molar-refractivity contribution is 5.78. The number of amides is 1. The quantitative estimate of drug-likeness (QED) is 0.848. The number of fused-ring (bicyclic) bond motifs is 2. The third-order valence-electron chi connectivity index (χ3n) is 4.29. The smallest absolute Gasteiger partial charge is 0.224 e. The van der Waals surface area contributed by atoms with E-state index in [-0.39, 0.29) is 5.91 Å². The molecule has 0 aromatic heterocycles. The lowest BCUT2D eigenvalue weighted by Crippen LogP contribution is -2.39. The van der Waals surface area contributed by atoms with Gasteiger partial charge in [-0.3, -0.25) is 4.79 Å². The van der Waals surface area contributed by atoms with Crippen LogP contribution in [0.25, 0.3) is 0 Å². The van der Waals surface area contributed by atoms with Crippen molar-refractivity contribution in [3.05, 3.63) is 35.9 Å². The van der Waals surface area contributed by atoms with Gasteiger partial charge < -0.3 is 5.32 Å². The molecule has 2 aliphatic rings. The summed E-state index contributed by atoms with van der Waals surface area (Å²) in [6.45, 7) is 0. The van der Waals surface area contributed by atoms with E-state index in [1.165, 1.54) is 25.7 Å². The van der Waals surface area contributed by atoms with Crippen LogP contribution in [0, 0.1) is 11.8 Å². The Kier molecular flexibility index (Phi) is 2.87. The van der Waals surface area contributed by atoms with Crippen molar-refractivity contribution in [2.45, 2.75) is 38.1 Å². The highest BCUT2D eigenvalue weighted by atomic mass is 16.1. The lowest BCUT2D eigenvalue weighted by atomic mass is 9.95. The molecule has 0 spiro atoms. The minimum absolute atomic E-state index is 0.189. The molecule has 90 valence electrons. The van der Waals surface area contributed by atoms with Gasteiger partial charge in [-0.25, -0.2) is 0 Å². The molecule has 2 fully saturated rings. The fraction of sp³-hybridized carbons (Fsp3) is 0.533. The van der Waals surface area contributed by atoms with Crippen LogP contribution >= 0.6 is 0 Å².